The first-order chi connectivity index (χ1) is 8.97. The van der Waals surface area contributed by atoms with Crippen LogP contribution in [0.5, 0.6) is 0 Å². The molecular weight excluding hydrogens is 294 g/mol. The minimum atomic E-state index is -3.77. The summed E-state index contributed by atoms with van der Waals surface area (Å²) in [6.45, 7) is 0.0106. The maximum absolute atomic E-state index is 11.9. The minimum Gasteiger partial charge on any atom is -0.309 e. The van der Waals surface area contributed by atoms with E-state index in [1.165, 1.54) is 4.90 Å². The number of nitrogens with zero attached hydrogens (tertiary/aromatic N) is 3. The molecular formula is C10H8ClN3O4S. The Morgan fingerprint density at radius 3 is 2.84 bits per heavy atom. The van der Waals surface area contributed by atoms with Gasteiger partial charge in [-0.3, -0.25) is 4.79 Å². The van der Waals surface area contributed by atoms with Crippen LogP contribution in [-0.4, -0.2) is 36.4 Å². The SMILES string of the molecule is O=C1CC(S(=O)(=O)Cl)CN1c1cccc2nonc12. The van der Waals surface area contributed by atoms with Crippen LogP contribution in [0, 0.1) is 0 Å². The van der Waals surface area contributed by atoms with Crippen LogP contribution >= 0.6 is 10.7 Å². The lowest BCUT2D eigenvalue weighted by atomic mass is 10.2. The van der Waals surface area contributed by atoms with Crippen molar-refractivity contribution in [1.29, 1.82) is 0 Å². The molecule has 100 valence electrons. The van der Waals surface area contributed by atoms with E-state index >= 15 is 0 Å². The van der Waals surface area contributed by atoms with Crippen molar-refractivity contribution in [2.75, 3.05) is 11.4 Å². The third kappa shape index (κ3) is 2.06. The highest BCUT2D eigenvalue weighted by Gasteiger charge is 2.38. The number of rotatable bonds is 2. The fourth-order valence-corrected chi connectivity index (χ4v) is 3.13. The molecule has 1 fully saturated rings. The summed E-state index contributed by atoms with van der Waals surface area (Å²) < 4.78 is 27.2. The Hall–Kier alpha value is -1.67. The van der Waals surface area contributed by atoms with Crippen LogP contribution in [0.25, 0.3) is 11.0 Å². The standard InChI is InChI=1S/C10H8ClN3O4S/c11-19(16,17)6-4-9(15)14(5-6)8-3-1-2-7-10(8)13-18-12-7/h1-3,6H,4-5H2. The van der Waals surface area contributed by atoms with E-state index in [1.54, 1.807) is 18.2 Å². The second-order valence-electron chi connectivity index (χ2n) is 4.22. The molecule has 7 nitrogen and oxygen atoms in total. The summed E-state index contributed by atoms with van der Waals surface area (Å²) >= 11 is 0. The highest BCUT2D eigenvalue weighted by molar-refractivity contribution is 8.14. The van der Waals surface area contributed by atoms with E-state index in [2.05, 4.69) is 14.9 Å². The monoisotopic (exact) mass is 301 g/mol. The Labute approximate surface area is 112 Å². The van der Waals surface area contributed by atoms with Gasteiger partial charge in [0.25, 0.3) is 0 Å². The van der Waals surface area contributed by atoms with Gasteiger partial charge in [-0.2, -0.15) is 0 Å². The van der Waals surface area contributed by atoms with Crippen LogP contribution in [0.4, 0.5) is 5.69 Å². The summed E-state index contributed by atoms with van der Waals surface area (Å²) in [7, 11) is 1.54. The first-order valence-corrected chi connectivity index (χ1v) is 7.79. The molecule has 1 saturated heterocycles. The van der Waals surface area contributed by atoms with E-state index in [4.69, 9.17) is 10.7 Å². The Morgan fingerprint density at radius 2 is 2.16 bits per heavy atom. The highest BCUT2D eigenvalue weighted by atomic mass is 35.7. The fraction of sp³-hybridized carbons (Fsp3) is 0.300. The number of anilines is 1. The first-order valence-electron chi connectivity index (χ1n) is 5.42. The summed E-state index contributed by atoms with van der Waals surface area (Å²) in [6, 6.07) is 5.04. The van der Waals surface area contributed by atoms with E-state index in [0.717, 1.165) is 0 Å². The lowest BCUT2D eigenvalue weighted by Gasteiger charge is -2.15. The molecule has 3 rings (SSSR count). The number of amides is 1. The van der Waals surface area contributed by atoms with Crippen molar-refractivity contribution in [3.63, 3.8) is 0 Å². The van der Waals surface area contributed by atoms with Crippen LogP contribution in [0.15, 0.2) is 22.8 Å². The molecule has 1 aliphatic heterocycles. The molecule has 0 radical (unpaired) electrons. The number of hydrogen-bond donors (Lipinski definition) is 0. The number of hydrogen-bond acceptors (Lipinski definition) is 6. The molecule has 1 aliphatic rings. The largest absolute Gasteiger partial charge is 0.309 e. The van der Waals surface area contributed by atoms with Gasteiger partial charge in [-0.25, -0.2) is 13.0 Å². The zero-order valence-corrected chi connectivity index (χ0v) is 11.1. The van der Waals surface area contributed by atoms with Crippen LogP contribution in [0.3, 0.4) is 0 Å². The number of halogens is 1. The van der Waals surface area contributed by atoms with Gasteiger partial charge >= 0.3 is 0 Å². The van der Waals surface area contributed by atoms with Crippen LogP contribution in [0.2, 0.25) is 0 Å². The van der Waals surface area contributed by atoms with Gasteiger partial charge in [0.15, 0.2) is 5.52 Å². The molecule has 0 bridgehead atoms. The van der Waals surface area contributed by atoms with Crippen LogP contribution in [-0.2, 0) is 13.8 Å². The zero-order chi connectivity index (χ0) is 13.6. The van der Waals surface area contributed by atoms with Crippen molar-refractivity contribution in [1.82, 2.24) is 10.3 Å². The van der Waals surface area contributed by atoms with Gasteiger partial charge < -0.3 is 4.90 Å². The van der Waals surface area contributed by atoms with Gasteiger partial charge in [0.05, 0.1) is 5.69 Å². The maximum Gasteiger partial charge on any atom is 0.237 e. The van der Waals surface area contributed by atoms with Crippen molar-refractivity contribution in [3.05, 3.63) is 18.2 Å². The third-order valence-corrected chi connectivity index (χ3v) is 4.91. The molecule has 19 heavy (non-hydrogen) atoms. The van der Waals surface area contributed by atoms with Crippen molar-refractivity contribution in [2.24, 2.45) is 0 Å². The van der Waals surface area contributed by atoms with Gasteiger partial charge in [-0.15, -0.1) is 0 Å². The lowest BCUT2D eigenvalue weighted by molar-refractivity contribution is -0.117. The highest BCUT2D eigenvalue weighted by Crippen LogP contribution is 2.30. The van der Waals surface area contributed by atoms with E-state index in [-0.39, 0.29) is 18.9 Å². The minimum absolute atomic E-state index is 0.0106. The van der Waals surface area contributed by atoms with E-state index in [0.29, 0.717) is 16.7 Å². The molecule has 0 spiro atoms. The van der Waals surface area contributed by atoms with Gasteiger partial charge in [0.2, 0.25) is 15.0 Å². The number of carbonyl (C=O) groups is 1. The molecule has 0 aliphatic carbocycles. The summed E-state index contributed by atoms with van der Waals surface area (Å²) in [4.78, 5) is 13.3. The van der Waals surface area contributed by atoms with E-state index < -0.39 is 14.3 Å². The zero-order valence-electron chi connectivity index (χ0n) is 9.48. The van der Waals surface area contributed by atoms with Gasteiger partial charge in [-0.05, 0) is 22.4 Å². The van der Waals surface area contributed by atoms with Crippen molar-refractivity contribution < 1.29 is 17.8 Å². The predicted molar refractivity (Wildman–Crippen MR) is 67.3 cm³/mol. The maximum atomic E-state index is 11.9. The second kappa shape index (κ2) is 4.17. The normalized spacial score (nSPS) is 20.4. The predicted octanol–water partition coefficient (Wildman–Crippen LogP) is 0.897. The van der Waals surface area contributed by atoms with E-state index in [1.807, 2.05) is 0 Å². The fourth-order valence-electron chi connectivity index (χ4n) is 2.11. The quantitative estimate of drug-likeness (QED) is 0.765. The average molecular weight is 302 g/mol. The van der Waals surface area contributed by atoms with E-state index in [9.17, 15) is 13.2 Å². The summed E-state index contributed by atoms with van der Waals surface area (Å²) in [6.07, 6.45) is -0.131. The Balaban J connectivity index is 2.04. The van der Waals surface area contributed by atoms with Crippen LogP contribution in [0.1, 0.15) is 6.42 Å². The molecule has 2 aromatic rings. The first kappa shape index (κ1) is 12.4. The third-order valence-electron chi connectivity index (χ3n) is 3.04. The van der Waals surface area contributed by atoms with Crippen LogP contribution < -0.4 is 4.90 Å². The molecule has 1 amide bonds. The van der Waals surface area contributed by atoms with Gasteiger partial charge in [0, 0.05) is 23.6 Å². The second-order valence-corrected chi connectivity index (χ2v) is 7.12. The number of aromatic nitrogens is 2. The smallest absolute Gasteiger partial charge is 0.237 e. The molecule has 2 heterocycles. The Morgan fingerprint density at radius 1 is 1.37 bits per heavy atom. The number of fused-ring (bicyclic) bond motifs is 1. The van der Waals surface area contributed by atoms with Gasteiger partial charge in [-0.1, -0.05) is 6.07 Å². The molecule has 1 atom stereocenters. The molecule has 1 aromatic carbocycles. The lowest BCUT2D eigenvalue weighted by Crippen LogP contribution is -2.26. The summed E-state index contributed by atoms with van der Waals surface area (Å²) in [5.41, 5.74) is 1.40. The molecule has 0 saturated carbocycles. The van der Waals surface area contributed by atoms with Gasteiger partial charge in [0.1, 0.15) is 10.8 Å². The Bertz CT molecular complexity index is 757. The summed E-state index contributed by atoms with van der Waals surface area (Å²) in [5.74, 6) is -0.315. The molecule has 1 aromatic heterocycles. The van der Waals surface area contributed by atoms with Crippen molar-refractivity contribution in [3.8, 4) is 0 Å². The molecule has 9 heteroatoms. The topological polar surface area (TPSA) is 93.4 Å². The average Bonchev–Trinajstić information content (AvgIpc) is 2.93. The molecule has 0 N–H and O–H groups in total. The molecule has 1 unspecified atom stereocenters. The number of carbonyl (C=O) groups excluding carboxylic acids is 1. The number of benzene rings is 1. The Kier molecular flexibility index (Phi) is 2.72. The van der Waals surface area contributed by atoms with Crippen molar-refractivity contribution in [2.45, 2.75) is 11.7 Å². The summed E-state index contributed by atoms with van der Waals surface area (Å²) in [5, 5.41) is 6.49. The van der Waals surface area contributed by atoms with Crippen molar-refractivity contribution >= 4 is 42.4 Å².